The van der Waals surface area contributed by atoms with Crippen LogP contribution in [-0.4, -0.2) is 23.5 Å². The van der Waals surface area contributed by atoms with Crippen molar-refractivity contribution in [1.82, 2.24) is 0 Å². The van der Waals surface area contributed by atoms with Crippen LogP contribution in [0.3, 0.4) is 0 Å². The summed E-state index contributed by atoms with van der Waals surface area (Å²) in [6.45, 7) is 6.94. The van der Waals surface area contributed by atoms with Crippen molar-refractivity contribution < 1.29 is 4.74 Å². The Hall–Kier alpha value is 0.177. The molecule has 1 atom stereocenters. The highest BCUT2D eigenvalue weighted by Crippen LogP contribution is 2.30. The van der Waals surface area contributed by atoms with Crippen LogP contribution in [0.4, 0.5) is 0 Å². The highest BCUT2D eigenvalue weighted by atomic mass is 28.1. The molecule has 0 bridgehead atoms. The second-order valence-electron chi connectivity index (χ2n) is 6.35. The van der Waals surface area contributed by atoms with Gasteiger partial charge in [0.15, 0.2) is 0 Å². The minimum absolute atomic E-state index is 0.426. The summed E-state index contributed by atoms with van der Waals surface area (Å²) in [5.41, 5.74) is 0. The van der Waals surface area contributed by atoms with Gasteiger partial charge in [-0.05, 0) is 11.5 Å². The van der Waals surface area contributed by atoms with Crippen molar-refractivity contribution in [3.05, 3.63) is 0 Å². The van der Waals surface area contributed by atoms with Crippen molar-refractivity contribution in [2.45, 2.75) is 89.7 Å². The number of methoxy groups -OCH3 is 1. The monoisotopic (exact) mass is 258 g/mol. The Bertz CT molecular complexity index is 163. The van der Waals surface area contributed by atoms with Crippen LogP contribution < -0.4 is 0 Å². The molecule has 0 heterocycles. The molecule has 0 rings (SSSR count). The molecule has 0 aliphatic rings. The van der Waals surface area contributed by atoms with Crippen LogP contribution in [-0.2, 0) is 4.74 Å². The number of unbranched alkanes of at least 4 members (excludes halogenated alkanes) is 7. The van der Waals surface area contributed by atoms with Gasteiger partial charge in [-0.3, -0.25) is 0 Å². The maximum absolute atomic E-state index is 5.61. The zero-order chi connectivity index (χ0) is 13.1. The molecule has 0 amide bonds. The first kappa shape index (κ1) is 17.2. The van der Waals surface area contributed by atoms with E-state index in [0.717, 1.165) is 0 Å². The first-order chi connectivity index (χ1) is 8.02. The summed E-state index contributed by atoms with van der Waals surface area (Å²) in [5, 5.41) is 0.426. The van der Waals surface area contributed by atoms with Crippen LogP contribution >= 0.6 is 0 Å². The first-order valence-corrected chi connectivity index (χ1v) is 8.55. The molecule has 0 spiro atoms. The van der Waals surface area contributed by atoms with Gasteiger partial charge < -0.3 is 4.74 Å². The Labute approximate surface area is 112 Å². The third kappa shape index (κ3) is 9.84. The van der Waals surface area contributed by atoms with Crippen LogP contribution in [0, 0.1) is 0 Å². The van der Waals surface area contributed by atoms with Gasteiger partial charge in [-0.25, -0.2) is 0 Å². The molecule has 0 N–H and O–H groups in total. The van der Waals surface area contributed by atoms with E-state index in [4.69, 9.17) is 4.74 Å². The number of hydrogen-bond acceptors (Lipinski definition) is 1. The predicted molar refractivity (Wildman–Crippen MR) is 82.0 cm³/mol. The molecule has 17 heavy (non-hydrogen) atoms. The minimum atomic E-state index is 0.426. The summed E-state index contributed by atoms with van der Waals surface area (Å²) < 4.78 is 5.61. The Morgan fingerprint density at radius 1 is 0.941 bits per heavy atom. The lowest BCUT2D eigenvalue weighted by molar-refractivity contribution is 0.0632. The lowest BCUT2D eigenvalue weighted by Crippen LogP contribution is -2.25. The SMILES string of the molecule is CCCCCCCCCCC(OC)C(C)(C)[SiH3]. The van der Waals surface area contributed by atoms with E-state index in [0.29, 0.717) is 11.1 Å². The summed E-state index contributed by atoms with van der Waals surface area (Å²) in [6.07, 6.45) is 13.0. The topological polar surface area (TPSA) is 9.23 Å². The first-order valence-electron chi connectivity index (χ1n) is 7.55. The fourth-order valence-corrected chi connectivity index (χ4v) is 2.89. The van der Waals surface area contributed by atoms with E-state index in [1.165, 1.54) is 68.0 Å². The van der Waals surface area contributed by atoms with Crippen LogP contribution in [0.15, 0.2) is 0 Å². The fraction of sp³-hybridized carbons (Fsp3) is 1.00. The number of hydrogen-bond donors (Lipinski definition) is 0. The van der Waals surface area contributed by atoms with E-state index in [9.17, 15) is 0 Å². The van der Waals surface area contributed by atoms with Gasteiger partial charge in [-0.2, -0.15) is 0 Å². The van der Waals surface area contributed by atoms with Crippen molar-refractivity contribution in [3.8, 4) is 0 Å². The molecule has 0 aliphatic heterocycles. The quantitative estimate of drug-likeness (QED) is 0.400. The van der Waals surface area contributed by atoms with Gasteiger partial charge in [-0.15, -0.1) is 0 Å². The molecule has 0 aromatic rings. The van der Waals surface area contributed by atoms with Gasteiger partial charge in [0.1, 0.15) is 0 Å². The highest BCUT2D eigenvalue weighted by Gasteiger charge is 2.23. The summed E-state index contributed by atoms with van der Waals surface area (Å²) in [5.74, 6) is 0. The molecule has 0 aromatic heterocycles. The van der Waals surface area contributed by atoms with Crippen molar-refractivity contribution in [3.63, 3.8) is 0 Å². The highest BCUT2D eigenvalue weighted by molar-refractivity contribution is 6.15. The molecule has 1 unspecified atom stereocenters. The van der Waals surface area contributed by atoms with E-state index >= 15 is 0 Å². The average Bonchev–Trinajstić information content (AvgIpc) is 2.25. The summed E-state index contributed by atoms with van der Waals surface area (Å²) in [7, 11) is 3.09. The molecule has 0 aliphatic carbocycles. The third-order valence-electron chi connectivity index (χ3n) is 3.57. The molecular weight excluding hydrogens is 224 g/mol. The number of ether oxygens (including phenoxy) is 1. The molecule has 0 radical (unpaired) electrons. The van der Waals surface area contributed by atoms with Crippen LogP contribution in [0.2, 0.25) is 5.04 Å². The van der Waals surface area contributed by atoms with Crippen molar-refractivity contribution >= 4 is 10.2 Å². The van der Waals surface area contributed by atoms with Crippen molar-refractivity contribution in [2.75, 3.05) is 7.11 Å². The van der Waals surface area contributed by atoms with E-state index in [-0.39, 0.29) is 0 Å². The molecule has 0 fully saturated rings. The van der Waals surface area contributed by atoms with Crippen LogP contribution in [0.25, 0.3) is 0 Å². The molecule has 2 heteroatoms. The Kier molecular flexibility index (Phi) is 10.2. The van der Waals surface area contributed by atoms with E-state index < -0.39 is 0 Å². The van der Waals surface area contributed by atoms with Gasteiger partial charge in [0, 0.05) is 17.4 Å². The maximum atomic E-state index is 5.61. The molecular formula is C15H34OSi. The lowest BCUT2D eigenvalue weighted by Gasteiger charge is -2.29. The Morgan fingerprint density at radius 2 is 1.41 bits per heavy atom. The number of rotatable bonds is 11. The molecule has 0 saturated heterocycles. The molecule has 0 aromatic carbocycles. The van der Waals surface area contributed by atoms with Crippen LogP contribution in [0.1, 0.15) is 78.6 Å². The Balaban J connectivity index is 3.38. The van der Waals surface area contributed by atoms with E-state index in [1.54, 1.807) is 0 Å². The van der Waals surface area contributed by atoms with E-state index in [2.05, 4.69) is 20.8 Å². The third-order valence-corrected chi connectivity index (χ3v) is 4.21. The molecule has 1 nitrogen and oxygen atoms in total. The maximum Gasteiger partial charge on any atom is 0.0589 e. The largest absolute Gasteiger partial charge is 0.381 e. The second-order valence-corrected chi connectivity index (χ2v) is 8.93. The van der Waals surface area contributed by atoms with Gasteiger partial charge in [0.25, 0.3) is 0 Å². The normalized spacial score (nSPS) is 14.1. The average molecular weight is 259 g/mol. The zero-order valence-electron chi connectivity index (χ0n) is 12.8. The van der Waals surface area contributed by atoms with Crippen LogP contribution in [0.5, 0.6) is 0 Å². The van der Waals surface area contributed by atoms with Gasteiger partial charge >= 0.3 is 0 Å². The van der Waals surface area contributed by atoms with Crippen molar-refractivity contribution in [1.29, 1.82) is 0 Å². The predicted octanol–water partition coefficient (Wildman–Crippen LogP) is 4.10. The van der Waals surface area contributed by atoms with E-state index in [1.807, 2.05) is 7.11 Å². The zero-order valence-corrected chi connectivity index (χ0v) is 14.8. The van der Waals surface area contributed by atoms with Gasteiger partial charge in [0.2, 0.25) is 0 Å². The lowest BCUT2D eigenvalue weighted by atomic mass is 9.98. The summed E-state index contributed by atoms with van der Waals surface area (Å²) in [4.78, 5) is 0. The van der Waals surface area contributed by atoms with Gasteiger partial charge in [-0.1, -0.05) is 72.1 Å². The molecule has 104 valence electrons. The van der Waals surface area contributed by atoms with Crippen molar-refractivity contribution in [2.24, 2.45) is 0 Å². The Morgan fingerprint density at radius 3 is 1.82 bits per heavy atom. The summed E-state index contributed by atoms with van der Waals surface area (Å²) >= 11 is 0. The second kappa shape index (κ2) is 10.1. The standard InChI is InChI=1S/C15H34OSi/c1-5-6-7-8-9-10-11-12-13-14(16-4)15(2,3)17/h14H,5-13H2,1-4,17H3. The smallest absolute Gasteiger partial charge is 0.0589 e. The fourth-order valence-electron chi connectivity index (χ4n) is 2.37. The van der Waals surface area contributed by atoms with Gasteiger partial charge in [0.05, 0.1) is 6.10 Å². The summed E-state index contributed by atoms with van der Waals surface area (Å²) in [6, 6.07) is 0. The molecule has 0 saturated carbocycles. The minimum Gasteiger partial charge on any atom is -0.381 e.